The second-order valence-corrected chi connectivity index (χ2v) is 6.11. The largest absolute Gasteiger partial charge is 0.468 e. The number of ether oxygens (including phenoxy) is 1. The molecule has 0 aliphatic carbocycles. The summed E-state index contributed by atoms with van der Waals surface area (Å²) in [5.41, 5.74) is 0.898. The molecule has 1 saturated heterocycles. The molecule has 0 spiro atoms. The normalized spacial score (nSPS) is 18.9. The molecule has 0 radical (unpaired) electrons. The molecule has 1 fully saturated rings. The Bertz CT molecular complexity index is 694. The van der Waals surface area contributed by atoms with E-state index < -0.39 is 27.9 Å². The van der Waals surface area contributed by atoms with Gasteiger partial charge in [-0.1, -0.05) is 53.5 Å². The molecule has 3 rings (SSSR count). The maximum Gasteiger partial charge on any atom is 0.239 e. The first-order valence-electron chi connectivity index (χ1n) is 7.20. The van der Waals surface area contributed by atoms with E-state index in [4.69, 9.17) is 27.9 Å². The van der Waals surface area contributed by atoms with Gasteiger partial charge in [-0.25, -0.2) is 4.39 Å². The number of aromatic nitrogens is 1. The minimum absolute atomic E-state index is 0.150. The maximum atomic E-state index is 13.8. The van der Waals surface area contributed by atoms with E-state index in [9.17, 15) is 8.78 Å². The molecule has 0 amide bonds. The van der Waals surface area contributed by atoms with Crippen LogP contribution in [-0.4, -0.2) is 18.1 Å². The molecule has 1 aliphatic rings. The molecule has 2 heterocycles. The Morgan fingerprint density at radius 3 is 2.57 bits per heavy atom. The first kappa shape index (κ1) is 16.4. The Hall–Kier alpha value is -1.43. The molecule has 7 heteroatoms. The average molecular weight is 359 g/mol. The summed E-state index contributed by atoms with van der Waals surface area (Å²) in [7, 11) is 0. The summed E-state index contributed by atoms with van der Waals surface area (Å²) in [5.74, 6) is -2.34. The van der Waals surface area contributed by atoms with E-state index in [1.165, 1.54) is 0 Å². The summed E-state index contributed by atoms with van der Waals surface area (Å²) in [6, 6.07) is 9.46. The van der Waals surface area contributed by atoms with Crippen LogP contribution >= 0.6 is 23.2 Å². The molecule has 1 aliphatic heterocycles. The maximum absolute atomic E-state index is 13.8. The van der Waals surface area contributed by atoms with Crippen molar-refractivity contribution in [3.05, 3.63) is 57.7 Å². The molecule has 2 atom stereocenters. The van der Waals surface area contributed by atoms with Crippen molar-refractivity contribution in [2.24, 2.45) is 5.92 Å². The summed E-state index contributed by atoms with van der Waals surface area (Å²) < 4.78 is 33.3. The number of rotatable bonds is 4. The van der Waals surface area contributed by atoms with Crippen molar-refractivity contribution in [2.45, 2.75) is 12.5 Å². The van der Waals surface area contributed by atoms with Gasteiger partial charge in [0.15, 0.2) is 5.82 Å². The second-order valence-electron chi connectivity index (χ2n) is 5.35. The second kappa shape index (κ2) is 6.99. The number of hydrogen-bond donors (Lipinski definition) is 1. The smallest absolute Gasteiger partial charge is 0.239 e. The third-order valence-corrected chi connectivity index (χ3v) is 4.50. The summed E-state index contributed by atoms with van der Waals surface area (Å²) in [6.07, 6.45) is 0.478. The predicted molar refractivity (Wildman–Crippen MR) is 85.0 cm³/mol. The van der Waals surface area contributed by atoms with Gasteiger partial charge in [-0.2, -0.15) is 9.37 Å². The number of nitrogens with one attached hydrogen (secondary N) is 1. The fourth-order valence-electron chi connectivity index (χ4n) is 2.68. The topological polar surface area (TPSA) is 34.1 Å². The van der Waals surface area contributed by atoms with Crippen LogP contribution < -0.4 is 10.1 Å². The van der Waals surface area contributed by atoms with Gasteiger partial charge in [-0.15, -0.1) is 0 Å². The summed E-state index contributed by atoms with van der Waals surface area (Å²) in [5, 5.41) is 2.10. The lowest BCUT2D eigenvalue weighted by Gasteiger charge is -2.24. The number of benzene rings is 1. The molecule has 0 bridgehead atoms. The van der Waals surface area contributed by atoms with E-state index in [0.29, 0.717) is 0 Å². The number of hydrogen-bond acceptors (Lipinski definition) is 3. The van der Waals surface area contributed by atoms with Gasteiger partial charge < -0.3 is 10.1 Å². The average Bonchev–Trinajstić information content (AvgIpc) is 3.10. The Kier molecular flexibility index (Phi) is 4.99. The van der Waals surface area contributed by atoms with Gasteiger partial charge in [0, 0.05) is 12.5 Å². The third kappa shape index (κ3) is 3.42. The van der Waals surface area contributed by atoms with Crippen molar-refractivity contribution >= 4 is 23.2 Å². The molecule has 3 nitrogen and oxygen atoms in total. The van der Waals surface area contributed by atoms with Crippen molar-refractivity contribution in [3.63, 3.8) is 0 Å². The Labute approximate surface area is 142 Å². The zero-order chi connectivity index (χ0) is 16.4. The molecule has 2 aromatic rings. The minimum Gasteiger partial charge on any atom is -0.468 e. The van der Waals surface area contributed by atoms with Gasteiger partial charge in [-0.3, -0.25) is 0 Å². The summed E-state index contributed by atoms with van der Waals surface area (Å²) in [6.45, 7) is 1.61. The predicted octanol–water partition coefficient (Wildman–Crippen LogP) is 4.40. The minimum atomic E-state index is -1.14. The third-order valence-electron chi connectivity index (χ3n) is 3.85. The van der Waals surface area contributed by atoms with Crippen molar-refractivity contribution in [2.75, 3.05) is 13.1 Å². The number of halogens is 4. The Morgan fingerprint density at radius 1 is 1.17 bits per heavy atom. The first-order chi connectivity index (χ1) is 11.1. The van der Waals surface area contributed by atoms with Crippen LogP contribution in [0.5, 0.6) is 5.88 Å². The van der Waals surface area contributed by atoms with Crippen LogP contribution in [0.3, 0.4) is 0 Å². The van der Waals surface area contributed by atoms with Crippen molar-refractivity contribution in [1.29, 1.82) is 0 Å². The van der Waals surface area contributed by atoms with Gasteiger partial charge >= 0.3 is 0 Å². The lowest BCUT2D eigenvalue weighted by Crippen LogP contribution is -2.22. The molecule has 1 N–H and O–H groups in total. The van der Waals surface area contributed by atoms with Crippen LogP contribution in [0.25, 0.3) is 0 Å². The molecule has 0 saturated carbocycles. The van der Waals surface area contributed by atoms with Crippen molar-refractivity contribution in [1.82, 2.24) is 10.3 Å². The van der Waals surface area contributed by atoms with Crippen LogP contribution in [0.1, 0.15) is 18.1 Å². The molecule has 1 aromatic carbocycles. The zero-order valence-electron chi connectivity index (χ0n) is 12.0. The zero-order valence-corrected chi connectivity index (χ0v) is 13.5. The number of pyridine rings is 1. The van der Waals surface area contributed by atoms with E-state index in [0.717, 1.165) is 25.1 Å². The lowest BCUT2D eigenvalue weighted by molar-refractivity contribution is 0.136. The molecular formula is C16H14Cl2F2N2O. The highest BCUT2D eigenvalue weighted by atomic mass is 35.5. The molecule has 122 valence electrons. The van der Waals surface area contributed by atoms with Gasteiger partial charge in [-0.05, 0) is 18.5 Å². The van der Waals surface area contributed by atoms with Gasteiger partial charge in [0.2, 0.25) is 11.8 Å². The quantitative estimate of drug-likeness (QED) is 0.822. The highest BCUT2D eigenvalue weighted by molar-refractivity contribution is 6.35. The molecular weight excluding hydrogens is 345 g/mol. The Morgan fingerprint density at radius 2 is 1.91 bits per heavy atom. The standard InChI is InChI=1S/C16H14Cl2F2N2O/c17-11-13(19)12(18)16(22-15(11)20)23-14(10-6-7-21-8-10)9-4-2-1-3-5-9/h1-5,10,14,21H,6-8H2. The highest BCUT2D eigenvalue weighted by Crippen LogP contribution is 2.37. The SMILES string of the molecule is Fc1nc(OC(c2ccccc2)C2CCNC2)c(Cl)c(F)c1Cl. The monoisotopic (exact) mass is 358 g/mol. The lowest BCUT2D eigenvalue weighted by atomic mass is 9.95. The summed E-state index contributed by atoms with van der Waals surface area (Å²) >= 11 is 11.4. The van der Waals surface area contributed by atoms with E-state index in [-0.39, 0.29) is 11.8 Å². The molecule has 2 unspecified atom stereocenters. The van der Waals surface area contributed by atoms with Gasteiger partial charge in [0.05, 0.1) is 0 Å². The van der Waals surface area contributed by atoms with Crippen LogP contribution in [0, 0.1) is 17.7 Å². The van der Waals surface area contributed by atoms with Crippen molar-refractivity contribution in [3.8, 4) is 5.88 Å². The highest BCUT2D eigenvalue weighted by Gasteiger charge is 2.30. The van der Waals surface area contributed by atoms with Crippen LogP contribution in [0.4, 0.5) is 8.78 Å². The van der Waals surface area contributed by atoms with Crippen LogP contribution in [0.2, 0.25) is 10.0 Å². The molecule has 23 heavy (non-hydrogen) atoms. The van der Waals surface area contributed by atoms with E-state index in [1.807, 2.05) is 30.3 Å². The van der Waals surface area contributed by atoms with Crippen LogP contribution in [-0.2, 0) is 0 Å². The van der Waals surface area contributed by atoms with Gasteiger partial charge in [0.25, 0.3) is 0 Å². The molecule has 1 aromatic heterocycles. The fourth-order valence-corrected chi connectivity index (χ4v) is 3.05. The van der Waals surface area contributed by atoms with Gasteiger partial charge in [0.1, 0.15) is 16.1 Å². The Balaban J connectivity index is 1.96. The fraction of sp³-hybridized carbons (Fsp3) is 0.312. The van der Waals surface area contributed by atoms with Crippen molar-refractivity contribution < 1.29 is 13.5 Å². The summed E-state index contributed by atoms with van der Waals surface area (Å²) in [4.78, 5) is 3.56. The first-order valence-corrected chi connectivity index (χ1v) is 7.96. The van der Waals surface area contributed by atoms with E-state index >= 15 is 0 Å². The number of nitrogens with zero attached hydrogens (tertiary/aromatic N) is 1. The van der Waals surface area contributed by atoms with E-state index in [2.05, 4.69) is 10.3 Å². The van der Waals surface area contributed by atoms with Crippen LogP contribution in [0.15, 0.2) is 30.3 Å². The van der Waals surface area contributed by atoms with E-state index in [1.54, 1.807) is 0 Å².